The Hall–Kier alpha value is -3.25. The highest BCUT2D eigenvalue weighted by atomic mass is 32.2. The molecule has 0 aliphatic rings. The Morgan fingerprint density at radius 2 is 1.69 bits per heavy atom. The monoisotopic (exact) mass is 573 g/mol. The second kappa shape index (κ2) is 13.7. The lowest BCUT2D eigenvalue weighted by Crippen LogP contribution is -2.49. The summed E-state index contributed by atoms with van der Waals surface area (Å²) < 4.78 is 39.0. The quantitative estimate of drug-likeness (QED) is 0.164. The third-order valence-corrected chi connectivity index (χ3v) is 8.88. The molecule has 2 unspecified atom stereocenters. The van der Waals surface area contributed by atoms with Gasteiger partial charge < -0.3 is 25.6 Å². The van der Waals surface area contributed by atoms with Crippen molar-refractivity contribution in [3.8, 4) is 11.5 Å². The van der Waals surface area contributed by atoms with Crippen molar-refractivity contribution in [1.82, 2.24) is 9.62 Å². The maximum absolute atomic E-state index is 13.6. The Labute approximate surface area is 234 Å². The van der Waals surface area contributed by atoms with Crippen molar-refractivity contribution in [2.45, 2.75) is 42.0 Å². The van der Waals surface area contributed by atoms with Crippen LogP contribution in [0.2, 0.25) is 0 Å². The largest absolute Gasteiger partial charge is 0.497 e. The van der Waals surface area contributed by atoms with Gasteiger partial charge in [-0.1, -0.05) is 49.9 Å². The van der Waals surface area contributed by atoms with E-state index in [9.17, 15) is 18.3 Å². The number of hydrogen-bond acceptors (Lipinski definition) is 8. The lowest BCUT2D eigenvalue weighted by molar-refractivity contribution is 0.125. The smallest absolute Gasteiger partial charge is 0.413 e. The van der Waals surface area contributed by atoms with Gasteiger partial charge in [0.15, 0.2) is 0 Å². The summed E-state index contributed by atoms with van der Waals surface area (Å²) in [6.07, 6.45) is -2.08. The predicted octanol–water partition coefficient (Wildman–Crippen LogP) is 4.50. The Bertz CT molecular complexity index is 1340. The number of hydrogen-bond donors (Lipinski definition) is 3. The molecular formula is C28H35N3O6S2. The second-order valence-electron chi connectivity index (χ2n) is 9.31. The summed E-state index contributed by atoms with van der Waals surface area (Å²) in [5, 5.41) is 13.1. The third-order valence-electron chi connectivity index (χ3n) is 5.80. The second-order valence-corrected chi connectivity index (χ2v) is 12.5. The molecule has 39 heavy (non-hydrogen) atoms. The predicted molar refractivity (Wildman–Crippen MR) is 153 cm³/mol. The summed E-state index contributed by atoms with van der Waals surface area (Å²) in [5.41, 5.74) is 7.00. The van der Waals surface area contributed by atoms with E-state index in [1.54, 1.807) is 37.3 Å². The van der Waals surface area contributed by atoms with E-state index in [1.807, 2.05) is 44.2 Å². The number of aliphatic hydroxyl groups excluding tert-OH is 1. The van der Waals surface area contributed by atoms with E-state index < -0.39 is 27.6 Å². The first-order chi connectivity index (χ1) is 18.5. The Morgan fingerprint density at radius 3 is 2.31 bits per heavy atom. The number of sulfonamides is 1. The molecule has 0 saturated heterocycles. The van der Waals surface area contributed by atoms with Gasteiger partial charge in [0.2, 0.25) is 10.0 Å². The summed E-state index contributed by atoms with van der Waals surface area (Å²) in [6.45, 7) is 5.43. The number of ether oxygens (including phenoxy) is 2. The SMILES string of the molecule is COc1ccc(S(=O)(=O)N(CC(C)C)CC(O)C(NC(=O)Oc2cccc(N)c2C)Sc2ccccc2)cc1. The number of nitrogens with two attached hydrogens (primary N) is 1. The molecule has 3 aromatic rings. The van der Waals surface area contributed by atoms with Crippen LogP contribution >= 0.6 is 11.8 Å². The third kappa shape index (κ3) is 8.37. The van der Waals surface area contributed by atoms with Gasteiger partial charge in [0.1, 0.15) is 16.9 Å². The highest BCUT2D eigenvalue weighted by molar-refractivity contribution is 8.00. The molecule has 0 radical (unpaired) electrons. The van der Waals surface area contributed by atoms with Gasteiger partial charge in [0.05, 0.1) is 18.1 Å². The Morgan fingerprint density at radius 1 is 1.03 bits per heavy atom. The van der Waals surface area contributed by atoms with Crippen LogP contribution in [-0.4, -0.2) is 55.6 Å². The van der Waals surface area contributed by atoms with Gasteiger partial charge in [-0.2, -0.15) is 4.31 Å². The van der Waals surface area contributed by atoms with Crippen molar-refractivity contribution < 1.29 is 27.8 Å². The number of amides is 1. The summed E-state index contributed by atoms with van der Waals surface area (Å²) >= 11 is 1.19. The van der Waals surface area contributed by atoms with Gasteiger partial charge in [-0.05, 0) is 61.4 Å². The molecule has 1 amide bonds. The molecule has 4 N–H and O–H groups in total. The number of rotatable bonds is 12. The molecule has 3 aromatic carbocycles. The zero-order chi connectivity index (χ0) is 28.6. The fourth-order valence-corrected chi connectivity index (χ4v) is 6.34. The van der Waals surface area contributed by atoms with Crippen LogP contribution in [0.1, 0.15) is 19.4 Å². The van der Waals surface area contributed by atoms with Crippen molar-refractivity contribution in [2.75, 3.05) is 25.9 Å². The van der Waals surface area contributed by atoms with Gasteiger partial charge in [0, 0.05) is 29.2 Å². The lowest BCUT2D eigenvalue weighted by Gasteiger charge is -2.30. The average molecular weight is 574 g/mol. The zero-order valence-corrected chi connectivity index (χ0v) is 24.0. The van der Waals surface area contributed by atoms with E-state index in [2.05, 4.69) is 5.32 Å². The van der Waals surface area contributed by atoms with Crippen LogP contribution in [-0.2, 0) is 10.0 Å². The number of benzene rings is 3. The number of anilines is 1. The molecule has 0 fully saturated rings. The van der Waals surface area contributed by atoms with Crippen LogP contribution in [0, 0.1) is 12.8 Å². The van der Waals surface area contributed by atoms with Crippen molar-refractivity contribution in [3.05, 3.63) is 78.4 Å². The van der Waals surface area contributed by atoms with Crippen LogP contribution in [0.4, 0.5) is 10.5 Å². The maximum Gasteiger partial charge on any atom is 0.413 e. The van der Waals surface area contributed by atoms with Crippen LogP contribution in [0.3, 0.4) is 0 Å². The van der Waals surface area contributed by atoms with E-state index in [0.29, 0.717) is 17.0 Å². The van der Waals surface area contributed by atoms with Crippen molar-refractivity contribution in [1.29, 1.82) is 0 Å². The fraction of sp³-hybridized carbons (Fsp3) is 0.321. The summed E-state index contributed by atoms with van der Waals surface area (Å²) in [4.78, 5) is 13.7. The molecule has 210 valence electrons. The zero-order valence-electron chi connectivity index (χ0n) is 22.4. The topological polar surface area (TPSA) is 131 Å². The van der Waals surface area contributed by atoms with Gasteiger partial charge in [0.25, 0.3) is 0 Å². The van der Waals surface area contributed by atoms with Crippen molar-refractivity contribution >= 4 is 33.6 Å². The van der Waals surface area contributed by atoms with Crippen LogP contribution in [0.5, 0.6) is 11.5 Å². The van der Waals surface area contributed by atoms with Gasteiger partial charge in [-0.25, -0.2) is 13.2 Å². The molecule has 0 aliphatic heterocycles. The van der Waals surface area contributed by atoms with E-state index in [4.69, 9.17) is 15.2 Å². The van der Waals surface area contributed by atoms with Gasteiger partial charge in [-0.15, -0.1) is 0 Å². The average Bonchev–Trinajstić information content (AvgIpc) is 2.91. The number of carbonyl (C=O) groups excluding carboxylic acids is 1. The number of aliphatic hydroxyl groups is 1. The summed E-state index contributed by atoms with van der Waals surface area (Å²) in [5.74, 6) is 0.797. The molecule has 0 aliphatic carbocycles. The highest BCUT2D eigenvalue weighted by Crippen LogP contribution is 2.28. The number of nitrogens with one attached hydrogen (secondary N) is 1. The molecule has 3 rings (SSSR count). The highest BCUT2D eigenvalue weighted by Gasteiger charge is 2.32. The minimum absolute atomic E-state index is 0.0186. The molecule has 0 heterocycles. The van der Waals surface area contributed by atoms with Crippen LogP contribution < -0.4 is 20.5 Å². The maximum atomic E-state index is 13.6. The van der Waals surface area contributed by atoms with Gasteiger partial charge >= 0.3 is 6.09 Å². The number of methoxy groups -OCH3 is 1. The number of nitrogens with zero attached hydrogens (tertiary/aromatic N) is 1. The molecular weight excluding hydrogens is 538 g/mol. The van der Waals surface area contributed by atoms with Crippen LogP contribution in [0.25, 0.3) is 0 Å². The Kier molecular flexibility index (Phi) is 10.6. The van der Waals surface area contributed by atoms with E-state index in [1.165, 1.54) is 35.3 Å². The first-order valence-corrected chi connectivity index (χ1v) is 14.7. The van der Waals surface area contributed by atoms with Gasteiger partial charge in [-0.3, -0.25) is 0 Å². The van der Waals surface area contributed by atoms with Crippen molar-refractivity contribution in [3.63, 3.8) is 0 Å². The number of thioether (sulfide) groups is 1. The normalized spacial score (nSPS) is 13.2. The van der Waals surface area contributed by atoms with E-state index >= 15 is 0 Å². The van der Waals surface area contributed by atoms with Crippen LogP contribution in [0.15, 0.2) is 82.6 Å². The molecule has 0 saturated carbocycles. The first kappa shape index (κ1) is 30.3. The summed E-state index contributed by atoms with van der Waals surface area (Å²) in [6, 6.07) is 20.2. The molecule has 0 spiro atoms. The summed E-state index contributed by atoms with van der Waals surface area (Å²) in [7, 11) is -2.46. The number of nitrogen functional groups attached to an aromatic ring is 1. The molecule has 11 heteroatoms. The number of carbonyl (C=O) groups is 1. The van der Waals surface area contributed by atoms with E-state index in [0.717, 1.165) is 4.90 Å². The molecule has 0 bridgehead atoms. The Balaban J connectivity index is 1.85. The minimum Gasteiger partial charge on any atom is -0.497 e. The fourth-order valence-electron chi connectivity index (χ4n) is 3.72. The molecule has 9 nitrogen and oxygen atoms in total. The minimum atomic E-state index is -3.96. The molecule has 0 aromatic heterocycles. The first-order valence-electron chi connectivity index (χ1n) is 12.4. The van der Waals surface area contributed by atoms with Crippen molar-refractivity contribution in [2.24, 2.45) is 5.92 Å². The van der Waals surface area contributed by atoms with E-state index in [-0.39, 0.29) is 29.7 Å². The lowest BCUT2D eigenvalue weighted by atomic mass is 10.2. The molecule has 2 atom stereocenters. The standard InChI is InChI=1S/C28H35N3O6S2/c1-19(2)17-31(39(34,35)23-15-13-21(36-4)14-16-23)18-25(32)27(38-22-9-6-5-7-10-22)30-28(33)37-26-12-8-11-24(29)20(26)3/h5-16,19,25,27,32H,17-18,29H2,1-4H3,(H,30,33).